The van der Waals surface area contributed by atoms with Crippen molar-refractivity contribution >= 4 is 13.3 Å². The summed E-state index contributed by atoms with van der Waals surface area (Å²) in [5, 5.41) is 3.51. The molecule has 0 N–H and O–H groups in total. The highest BCUT2D eigenvalue weighted by Gasteiger charge is 2.05. The van der Waals surface area contributed by atoms with Gasteiger partial charge in [0.05, 0.1) is 7.11 Å². The Morgan fingerprint density at radius 2 is 2.33 bits per heavy atom. The summed E-state index contributed by atoms with van der Waals surface area (Å²) < 4.78 is 9.42. The maximum atomic E-state index is 5.43. The van der Waals surface area contributed by atoms with Crippen LogP contribution in [-0.2, 0) is 0 Å². The smallest absolute Gasteiger partial charge is 0.246 e. The van der Waals surface area contributed by atoms with Crippen LogP contribution >= 0.6 is 0 Å². The molecule has 0 unspecified atom stereocenters. The van der Waals surface area contributed by atoms with Gasteiger partial charge in [0.2, 0.25) is 5.88 Å². The Bertz CT molecular complexity index is 209. The molecule has 1 aromatic rings. The van der Waals surface area contributed by atoms with Crippen LogP contribution in [0, 0.1) is 6.92 Å². The molecule has 0 amide bonds. The van der Waals surface area contributed by atoms with Gasteiger partial charge >= 0.3 is 0 Å². The van der Waals surface area contributed by atoms with Crippen molar-refractivity contribution in [3.05, 3.63) is 5.76 Å². The molecule has 0 aliphatic carbocycles. The topological polar surface area (TPSA) is 35.3 Å². The fraction of sp³-hybridized carbons (Fsp3) is 0.400. The normalized spacial score (nSPS) is 9.56. The van der Waals surface area contributed by atoms with Gasteiger partial charge < -0.3 is 9.26 Å². The molecule has 2 radical (unpaired) electrons. The summed E-state index contributed by atoms with van der Waals surface area (Å²) in [6.45, 7) is 1.73. The first kappa shape index (κ1) is 6.20. The van der Waals surface area contributed by atoms with Crippen molar-refractivity contribution in [1.82, 2.24) is 5.16 Å². The fourth-order valence-corrected chi connectivity index (χ4v) is 0.506. The lowest BCUT2D eigenvalue weighted by Crippen LogP contribution is -2.05. The van der Waals surface area contributed by atoms with Crippen molar-refractivity contribution in [3.63, 3.8) is 0 Å². The van der Waals surface area contributed by atoms with E-state index in [0.717, 1.165) is 0 Å². The second-order valence-electron chi connectivity index (χ2n) is 1.66. The summed E-state index contributed by atoms with van der Waals surface area (Å²) in [5.74, 6) is 0.944. The van der Waals surface area contributed by atoms with Crippen molar-refractivity contribution in [2.75, 3.05) is 7.11 Å². The number of nitrogens with zero attached hydrogens (tertiary/aromatic N) is 1. The molecule has 46 valence electrons. The number of ether oxygens (including phenoxy) is 1. The van der Waals surface area contributed by atoms with Gasteiger partial charge in [0.25, 0.3) is 0 Å². The van der Waals surface area contributed by atoms with Gasteiger partial charge in [-0.25, -0.2) is 0 Å². The highest BCUT2D eigenvalue weighted by molar-refractivity contribution is 6.34. The average molecular weight is 123 g/mol. The Labute approximate surface area is 54.4 Å². The summed E-state index contributed by atoms with van der Waals surface area (Å²) in [7, 11) is 6.93. The van der Waals surface area contributed by atoms with E-state index in [0.29, 0.717) is 17.1 Å². The Morgan fingerprint density at radius 3 is 2.56 bits per heavy atom. The SMILES string of the molecule is [B]c1c(OC)noc1C. The molecule has 0 fully saturated rings. The van der Waals surface area contributed by atoms with Crippen LogP contribution in [0.2, 0.25) is 0 Å². The van der Waals surface area contributed by atoms with Crippen LogP contribution < -0.4 is 10.2 Å². The predicted molar refractivity (Wildman–Crippen MR) is 33.2 cm³/mol. The van der Waals surface area contributed by atoms with Crippen molar-refractivity contribution < 1.29 is 9.26 Å². The third-order valence-corrected chi connectivity index (χ3v) is 1.07. The number of aromatic nitrogens is 1. The Hall–Kier alpha value is -0.925. The molecular weight excluding hydrogens is 117 g/mol. The van der Waals surface area contributed by atoms with Gasteiger partial charge in [-0.2, -0.15) is 0 Å². The lowest BCUT2D eigenvalue weighted by Gasteiger charge is -1.90. The summed E-state index contributed by atoms with van der Waals surface area (Å²) in [6, 6.07) is 0. The lowest BCUT2D eigenvalue weighted by molar-refractivity contribution is 0.331. The van der Waals surface area contributed by atoms with E-state index in [2.05, 4.69) is 9.68 Å². The van der Waals surface area contributed by atoms with Crippen LogP contribution in [0.3, 0.4) is 0 Å². The monoisotopic (exact) mass is 123 g/mol. The number of rotatable bonds is 1. The van der Waals surface area contributed by atoms with Crippen LogP contribution in [0.25, 0.3) is 0 Å². The first-order valence-electron chi connectivity index (χ1n) is 2.51. The minimum absolute atomic E-state index is 0.354. The van der Waals surface area contributed by atoms with Gasteiger partial charge in [-0.15, -0.1) is 0 Å². The molecule has 0 spiro atoms. The predicted octanol–water partition coefficient (Wildman–Crippen LogP) is -0.215. The maximum Gasteiger partial charge on any atom is 0.246 e. The molecule has 1 rings (SSSR count). The Kier molecular flexibility index (Phi) is 1.47. The highest BCUT2D eigenvalue weighted by atomic mass is 16.5. The van der Waals surface area contributed by atoms with E-state index in [1.165, 1.54) is 7.11 Å². The molecular formula is C5H6BNO2. The number of hydrogen-bond donors (Lipinski definition) is 0. The zero-order valence-electron chi connectivity index (χ0n) is 5.34. The molecule has 0 saturated carbocycles. The van der Waals surface area contributed by atoms with E-state index in [9.17, 15) is 0 Å². The molecule has 0 bridgehead atoms. The van der Waals surface area contributed by atoms with Gasteiger partial charge in [-0.3, -0.25) is 0 Å². The molecule has 0 saturated heterocycles. The van der Waals surface area contributed by atoms with Crippen LogP contribution in [0.5, 0.6) is 5.88 Å². The largest absolute Gasteiger partial charge is 0.479 e. The third kappa shape index (κ3) is 0.920. The molecule has 0 aliphatic rings. The molecule has 4 heteroatoms. The van der Waals surface area contributed by atoms with Crippen molar-refractivity contribution in [2.24, 2.45) is 0 Å². The lowest BCUT2D eigenvalue weighted by atomic mass is 9.97. The quantitative estimate of drug-likeness (QED) is 0.484. The van der Waals surface area contributed by atoms with E-state index in [1.54, 1.807) is 6.92 Å². The minimum Gasteiger partial charge on any atom is -0.479 e. The Balaban J connectivity index is 3.04. The van der Waals surface area contributed by atoms with Crippen molar-refractivity contribution in [1.29, 1.82) is 0 Å². The average Bonchev–Trinajstić information content (AvgIpc) is 2.15. The standard InChI is InChI=1S/C5H6BNO2/c1-3-4(6)5(8-2)7-9-3/h1-2H3. The van der Waals surface area contributed by atoms with E-state index in [4.69, 9.17) is 12.6 Å². The van der Waals surface area contributed by atoms with E-state index < -0.39 is 0 Å². The second-order valence-corrected chi connectivity index (χ2v) is 1.66. The Morgan fingerprint density at radius 1 is 1.67 bits per heavy atom. The van der Waals surface area contributed by atoms with Crippen LogP contribution in [0.15, 0.2) is 4.52 Å². The van der Waals surface area contributed by atoms with E-state index in [-0.39, 0.29) is 0 Å². The van der Waals surface area contributed by atoms with Crippen molar-refractivity contribution in [3.8, 4) is 5.88 Å². The maximum absolute atomic E-state index is 5.43. The van der Waals surface area contributed by atoms with Gasteiger partial charge in [0, 0.05) is 5.46 Å². The van der Waals surface area contributed by atoms with Gasteiger partial charge in [-0.05, 0) is 12.1 Å². The molecule has 0 aliphatic heterocycles. The van der Waals surface area contributed by atoms with E-state index >= 15 is 0 Å². The number of methoxy groups -OCH3 is 1. The molecule has 1 heterocycles. The summed E-state index contributed by atoms with van der Waals surface area (Å²) >= 11 is 0. The zero-order chi connectivity index (χ0) is 6.85. The van der Waals surface area contributed by atoms with Crippen LogP contribution in [-0.4, -0.2) is 20.1 Å². The summed E-state index contributed by atoms with van der Waals surface area (Å²) in [5.41, 5.74) is 0.470. The van der Waals surface area contributed by atoms with Crippen LogP contribution in [0.4, 0.5) is 0 Å². The fourth-order valence-electron chi connectivity index (χ4n) is 0.506. The van der Waals surface area contributed by atoms with Crippen molar-refractivity contribution in [2.45, 2.75) is 6.92 Å². The number of aryl methyl sites for hydroxylation is 1. The highest BCUT2D eigenvalue weighted by Crippen LogP contribution is 2.02. The van der Waals surface area contributed by atoms with Gasteiger partial charge in [0.15, 0.2) is 0 Å². The zero-order valence-corrected chi connectivity index (χ0v) is 5.34. The number of hydrogen-bond acceptors (Lipinski definition) is 3. The molecule has 1 aromatic heterocycles. The first-order valence-corrected chi connectivity index (χ1v) is 2.51. The second kappa shape index (κ2) is 2.13. The molecule has 3 nitrogen and oxygen atoms in total. The third-order valence-electron chi connectivity index (χ3n) is 1.07. The molecule has 0 atom stereocenters. The first-order chi connectivity index (χ1) is 4.25. The van der Waals surface area contributed by atoms with Gasteiger partial charge in [0.1, 0.15) is 13.6 Å². The van der Waals surface area contributed by atoms with E-state index in [1.807, 2.05) is 0 Å². The van der Waals surface area contributed by atoms with Crippen LogP contribution in [0.1, 0.15) is 5.76 Å². The minimum atomic E-state index is 0.354. The molecule has 9 heavy (non-hydrogen) atoms. The molecule has 0 aromatic carbocycles. The summed E-state index contributed by atoms with van der Waals surface area (Å²) in [4.78, 5) is 0. The van der Waals surface area contributed by atoms with Gasteiger partial charge in [-0.1, -0.05) is 0 Å². The summed E-state index contributed by atoms with van der Waals surface area (Å²) in [6.07, 6.45) is 0.